The van der Waals surface area contributed by atoms with E-state index in [1.165, 1.54) is 6.20 Å². The van der Waals surface area contributed by atoms with Gasteiger partial charge in [0, 0.05) is 35.3 Å². The molecular weight excluding hydrogens is 496 g/mol. The highest BCUT2D eigenvalue weighted by Crippen LogP contribution is 2.35. The Labute approximate surface area is 223 Å². The van der Waals surface area contributed by atoms with Crippen LogP contribution in [0.4, 0.5) is 16.3 Å². The Balaban J connectivity index is 1.44. The van der Waals surface area contributed by atoms with E-state index in [9.17, 15) is 9.59 Å². The topological polar surface area (TPSA) is 140 Å². The van der Waals surface area contributed by atoms with Gasteiger partial charge >= 0.3 is 6.03 Å². The highest BCUT2D eigenvalue weighted by molar-refractivity contribution is 6.06. The van der Waals surface area contributed by atoms with E-state index >= 15 is 0 Å². The highest BCUT2D eigenvalue weighted by atomic mass is 16.5. The Kier molecular flexibility index (Phi) is 6.45. The number of aromatic amines is 1. The van der Waals surface area contributed by atoms with E-state index in [0.717, 1.165) is 5.69 Å². The number of urea groups is 1. The molecule has 5 rings (SSSR count). The van der Waals surface area contributed by atoms with Gasteiger partial charge in [-0.3, -0.25) is 15.1 Å². The third-order valence-corrected chi connectivity index (χ3v) is 5.96. The van der Waals surface area contributed by atoms with Crippen molar-refractivity contribution >= 4 is 39.6 Å². The molecule has 1 aromatic carbocycles. The molecule has 3 N–H and O–H groups in total. The fourth-order valence-electron chi connectivity index (χ4n) is 3.95. The summed E-state index contributed by atoms with van der Waals surface area (Å²) in [6.07, 6.45) is 8.65. The van der Waals surface area contributed by atoms with Crippen LogP contribution < -0.4 is 20.9 Å². The minimum Gasteiger partial charge on any atom is -0.454 e. The van der Waals surface area contributed by atoms with Gasteiger partial charge in [0.15, 0.2) is 11.4 Å². The number of terminal acetylenes is 1. The second-order valence-electron chi connectivity index (χ2n) is 9.88. The number of rotatable bonds is 5. The number of carbonyl (C=O) groups is 1. The molecule has 0 aliphatic heterocycles. The largest absolute Gasteiger partial charge is 0.454 e. The fraction of sp³-hybridized carbons (Fsp3) is 0.214. The SMILES string of the molecule is C#CCn1nc(C(C)(C)C)cc1NC(=O)Nc1ccc(Oc2ccnc3[nH]c(=O)c(C)nc23)c2cccnc12. The zero-order valence-corrected chi connectivity index (χ0v) is 21.9. The minimum absolute atomic E-state index is 0.216. The molecule has 5 aromatic rings. The maximum Gasteiger partial charge on any atom is 0.324 e. The van der Waals surface area contributed by atoms with Crippen molar-refractivity contribution in [2.24, 2.45) is 0 Å². The van der Waals surface area contributed by atoms with Gasteiger partial charge in [-0.1, -0.05) is 26.7 Å². The molecule has 0 saturated carbocycles. The zero-order chi connectivity index (χ0) is 27.7. The van der Waals surface area contributed by atoms with Gasteiger partial charge in [0.1, 0.15) is 29.3 Å². The lowest BCUT2D eigenvalue weighted by Crippen LogP contribution is -2.21. The molecule has 0 bridgehead atoms. The molecule has 0 spiro atoms. The number of pyridine rings is 2. The van der Waals surface area contributed by atoms with E-state index in [-0.39, 0.29) is 17.5 Å². The third-order valence-electron chi connectivity index (χ3n) is 5.96. The van der Waals surface area contributed by atoms with Gasteiger partial charge in [-0.05, 0) is 31.2 Å². The molecule has 196 valence electrons. The summed E-state index contributed by atoms with van der Waals surface area (Å²) in [5.74, 6) is 3.95. The number of hydrogen-bond acceptors (Lipinski definition) is 7. The molecule has 0 aliphatic rings. The molecule has 11 nitrogen and oxygen atoms in total. The van der Waals surface area contributed by atoms with Crippen LogP contribution >= 0.6 is 0 Å². The first kappa shape index (κ1) is 25.4. The van der Waals surface area contributed by atoms with Crippen LogP contribution in [0, 0.1) is 19.3 Å². The number of anilines is 2. The number of hydrogen-bond donors (Lipinski definition) is 3. The quantitative estimate of drug-likeness (QED) is 0.283. The number of amides is 2. The summed E-state index contributed by atoms with van der Waals surface area (Å²) in [6.45, 7) is 7.93. The lowest BCUT2D eigenvalue weighted by Gasteiger charge is -2.14. The summed E-state index contributed by atoms with van der Waals surface area (Å²) in [5.41, 5.74) is 2.32. The maximum atomic E-state index is 13.0. The number of fused-ring (bicyclic) bond motifs is 2. The molecule has 4 heterocycles. The predicted octanol–water partition coefficient (Wildman–Crippen LogP) is 4.74. The average Bonchev–Trinajstić information content (AvgIpc) is 3.29. The van der Waals surface area contributed by atoms with E-state index in [2.05, 4.69) is 41.6 Å². The van der Waals surface area contributed by atoms with E-state index < -0.39 is 6.03 Å². The van der Waals surface area contributed by atoms with Gasteiger partial charge < -0.3 is 15.0 Å². The Hall–Kier alpha value is -5.24. The van der Waals surface area contributed by atoms with Crippen molar-refractivity contribution in [3.63, 3.8) is 0 Å². The highest BCUT2D eigenvalue weighted by Gasteiger charge is 2.21. The summed E-state index contributed by atoms with van der Waals surface area (Å²) >= 11 is 0. The van der Waals surface area contributed by atoms with Gasteiger partial charge in [-0.25, -0.2) is 19.4 Å². The molecule has 11 heteroatoms. The monoisotopic (exact) mass is 522 g/mol. The molecule has 2 amide bonds. The summed E-state index contributed by atoms with van der Waals surface area (Å²) in [5, 5.41) is 10.9. The Morgan fingerprint density at radius 1 is 1.10 bits per heavy atom. The van der Waals surface area contributed by atoms with E-state index in [0.29, 0.717) is 50.8 Å². The summed E-state index contributed by atoms with van der Waals surface area (Å²) in [6, 6.07) is 10.0. The predicted molar refractivity (Wildman–Crippen MR) is 149 cm³/mol. The van der Waals surface area contributed by atoms with Gasteiger partial charge in [0.25, 0.3) is 5.56 Å². The fourth-order valence-corrected chi connectivity index (χ4v) is 3.95. The number of benzene rings is 1. The van der Waals surface area contributed by atoms with Crippen molar-refractivity contribution in [2.75, 3.05) is 10.6 Å². The number of carbonyl (C=O) groups excluding carboxylic acids is 1. The normalized spacial score (nSPS) is 11.4. The zero-order valence-electron chi connectivity index (χ0n) is 21.9. The molecule has 39 heavy (non-hydrogen) atoms. The van der Waals surface area contributed by atoms with Crippen molar-refractivity contribution in [3.8, 4) is 23.8 Å². The second kappa shape index (κ2) is 9.90. The minimum atomic E-state index is -0.474. The van der Waals surface area contributed by atoms with Gasteiger partial charge in [0.2, 0.25) is 0 Å². The van der Waals surface area contributed by atoms with Crippen LogP contribution in [0.25, 0.3) is 22.1 Å². The van der Waals surface area contributed by atoms with Crippen molar-refractivity contribution in [1.29, 1.82) is 0 Å². The van der Waals surface area contributed by atoms with Crippen LogP contribution in [0.1, 0.15) is 32.2 Å². The Bertz CT molecular complexity index is 1830. The molecule has 4 aromatic heterocycles. The van der Waals surface area contributed by atoms with Crippen LogP contribution in [-0.2, 0) is 12.0 Å². The van der Waals surface area contributed by atoms with E-state index in [1.807, 2.05) is 32.9 Å². The first-order chi connectivity index (χ1) is 18.6. The lowest BCUT2D eigenvalue weighted by molar-refractivity contribution is 0.262. The number of ether oxygens (including phenoxy) is 1. The molecule has 0 unspecified atom stereocenters. The first-order valence-electron chi connectivity index (χ1n) is 12.1. The molecular formula is C28H26N8O3. The maximum absolute atomic E-state index is 13.0. The van der Waals surface area contributed by atoms with Crippen LogP contribution in [0.5, 0.6) is 11.5 Å². The Morgan fingerprint density at radius 3 is 2.69 bits per heavy atom. The summed E-state index contributed by atoms with van der Waals surface area (Å²) in [7, 11) is 0. The van der Waals surface area contributed by atoms with Crippen LogP contribution in [0.15, 0.2) is 53.6 Å². The summed E-state index contributed by atoms with van der Waals surface area (Å²) < 4.78 is 7.79. The number of nitrogens with one attached hydrogen (secondary N) is 3. The molecule has 0 saturated heterocycles. The summed E-state index contributed by atoms with van der Waals surface area (Å²) in [4.78, 5) is 40.7. The van der Waals surface area contributed by atoms with Crippen molar-refractivity contribution in [1.82, 2.24) is 29.7 Å². The van der Waals surface area contributed by atoms with Gasteiger partial charge in [-0.2, -0.15) is 5.10 Å². The van der Waals surface area contributed by atoms with Crippen molar-refractivity contribution < 1.29 is 9.53 Å². The smallest absolute Gasteiger partial charge is 0.324 e. The van der Waals surface area contributed by atoms with Crippen molar-refractivity contribution in [3.05, 3.63) is 70.5 Å². The van der Waals surface area contributed by atoms with Crippen molar-refractivity contribution in [2.45, 2.75) is 39.7 Å². The molecule has 0 atom stereocenters. The molecule has 0 fully saturated rings. The van der Waals surface area contributed by atoms with Crippen LogP contribution in [-0.4, -0.2) is 35.7 Å². The number of H-pyrrole nitrogens is 1. The number of aryl methyl sites for hydroxylation is 1. The Morgan fingerprint density at radius 2 is 1.92 bits per heavy atom. The van der Waals surface area contributed by atoms with Gasteiger partial charge in [-0.15, -0.1) is 6.42 Å². The van der Waals surface area contributed by atoms with Gasteiger partial charge in [0.05, 0.1) is 16.9 Å². The second-order valence-corrected chi connectivity index (χ2v) is 9.88. The lowest BCUT2D eigenvalue weighted by atomic mass is 9.92. The number of nitrogens with zero attached hydrogens (tertiary/aromatic N) is 5. The standard InChI is InChI=1S/C28H26N8O3/c1-6-14-36-22(15-21(35-36)28(3,4)5)33-27(38)32-18-9-10-19(17-8-7-12-29-23(17)18)39-20-11-13-30-25-24(20)31-16(2)26(37)34-25/h1,7-13,15H,14H2,2-5H3,(H,30,34,37)(H2,32,33,38). The van der Waals surface area contributed by atoms with Crippen LogP contribution in [0.3, 0.4) is 0 Å². The van der Waals surface area contributed by atoms with E-state index in [4.69, 9.17) is 11.2 Å². The third kappa shape index (κ3) is 5.13. The average molecular weight is 523 g/mol. The van der Waals surface area contributed by atoms with E-state index in [1.54, 1.807) is 42.1 Å². The molecule has 0 radical (unpaired) electrons. The molecule has 0 aliphatic carbocycles. The first-order valence-corrected chi connectivity index (χ1v) is 12.1. The van der Waals surface area contributed by atoms with Crippen LogP contribution in [0.2, 0.25) is 0 Å². The number of aromatic nitrogens is 6.